The van der Waals surface area contributed by atoms with Crippen LogP contribution in [-0.2, 0) is 6.42 Å². The number of aldehydes is 1. The molecule has 1 saturated carbocycles. The van der Waals surface area contributed by atoms with Gasteiger partial charge in [0.2, 0.25) is 0 Å². The Morgan fingerprint density at radius 2 is 2.00 bits per heavy atom. The number of hydrogen-bond donors (Lipinski definition) is 1. The maximum atomic E-state index is 10.8. The predicted octanol–water partition coefficient (Wildman–Crippen LogP) is 4.22. The largest absolute Gasteiger partial charge is 0.356 e. The Morgan fingerprint density at radius 1 is 1.17 bits per heavy atom. The number of hydrogen-bond acceptors (Lipinski definition) is 1. The Hall–Kier alpha value is -1.05. The lowest BCUT2D eigenvalue weighted by Crippen LogP contribution is -2.08. The van der Waals surface area contributed by atoms with Gasteiger partial charge in [-0.1, -0.05) is 32.1 Å². The Balaban J connectivity index is 1.58. The van der Waals surface area contributed by atoms with Crippen LogP contribution in [0.25, 0.3) is 0 Å². The lowest BCUT2D eigenvalue weighted by Gasteiger charge is -2.22. The third kappa shape index (κ3) is 2.38. The normalized spacial score (nSPS) is 24.1. The quantitative estimate of drug-likeness (QED) is 0.792. The van der Waals surface area contributed by atoms with Crippen LogP contribution in [0.15, 0.2) is 6.07 Å². The van der Waals surface area contributed by atoms with Crippen molar-refractivity contribution < 1.29 is 4.79 Å². The van der Waals surface area contributed by atoms with Crippen LogP contribution < -0.4 is 0 Å². The van der Waals surface area contributed by atoms with Crippen LogP contribution >= 0.6 is 0 Å². The van der Waals surface area contributed by atoms with Crippen LogP contribution in [-0.4, -0.2) is 11.3 Å². The van der Waals surface area contributed by atoms with Gasteiger partial charge in [0.1, 0.15) is 0 Å². The molecule has 2 nitrogen and oxygen atoms in total. The summed E-state index contributed by atoms with van der Waals surface area (Å²) in [5.74, 6) is 1.67. The maximum absolute atomic E-state index is 10.8. The second-order valence-corrected chi connectivity index (χ2v) is 6.10. The van der Waals surface area contributed by atoms with Gasteiger partial charge in [-0.2, -0.15) is 0 Å². The van der Waals surface area contributed by atoms with Gasteiger partial charge in [-0.05, 0) is 49.1 Å². The van der Waals surface area contributed by atoms with Gasteiger partial charge in [-0.3, -0.25) is 4.79 Å². The van der Waals surface area contributed by atoms with Crippen molar-refractivity contribution in [1.82, 2.24) is 4.98 Å². The van der Waals surface area contributed by atoms with Crippen LogP contribution in [0.3, 0.4) is 0 Å². The van der Waals surface area contributed by atoms with Crippen molar-refractivity contribution in [2.24, 2.45) is 5.92 Å². The van der Waals surface area contributed by atoms with Gasteiger partial charge in [0.15, 0.2) is 6.29 Å². The third-order valence-electron chi connectivity index (χ3n) is 4.90. The standard InChI is InChI=1S/C16H23NO/c18-11-15-10-14-9-8-13(16(14)17-15)7-6-12-4-2-1-3-5-12/h10-13,17H,1-9H2. The first kappa shape index (κ1) is 12.0. The highest BCUT2D eigenvalue weighted by atomic mass is 16.1. The zero-order valence-corrected chi connectivity index (χ0v) is 11.1. The molecule has 0 aliphatic heterocycles. The number of rotatable bonds is 4. The van der Waals surface area contributed by atoms with Crippen molar-refractivity contribution in [3.05, 3.63) is 23.0 Å². The summed E-state index contributed by atoms with van der Waals surface area (Å²) in [6.45, 7) is 0. The molecule has 1 aromatic heterocycles. The molecule has 3 rings (SSSR count). The van der Waals surface area contributed by atoms with E-state index in [2.05, 4.69) is 4.98 Å². The number of aryl methyl sites for hydroxylation is 1. The van der Waals surface area contributed by atoms with E-state index >= 15 is 0 Å². The molecule has 0 spiro atoms. The topological polar surface area (TPSA) is 32.9 Å². The number of nitrogens with one attached hydrogen (secondary N) is 1. The van der Waals surface area contributed by atoms with E-state index in [0.717, 1.165) is 24.3 Å². The Kier molecular flexibility index (Phi) is 3.53. The third-order valence-corrected chi connectivity index (χ3v) is 4.90. The van der Waals surface area contributed by atoms with Crippen molar-refractivity contribution >= 4 is 6.29 Å². The van der Waals surface area contributed by atoms with Crippen LogP contribution in [0.2, 0.25) is 0 Å². The van der Waals surface area contributed by atoms with Crippen LogP contribution in [0, 0.1) is 5.92 Å². The van der Waals surface area contributed by atoms with E-state index in [1.807, 2.05) is 6.07 Å². The smallest absolute Gasteiger partial charge is 0.166 e. The summed E-state index contributed by atoms with van der Waals surface area (Å²) >= 11 is 0. The van der Waals surface area contributed by atoms with Crippen molar-refractivity contribution in [2.45, 2.75) is 63.7 Å². The first-order valence-electron chi connectivity index (χ1n) is 7.54. The second-order valence-electron chi connectivity index (χ2n) is 6.10. The van der Waals surface area contributed by atoms with Crippen LogP contribution in [0.4, 0.5) is 0 Å². The SMILES string of the molecule is O=Cc1cc2c([nH]1)C(CCC1CCCCC1)CC2. The fourth-order valence-electron chi connectivity index (χ4n) is 3.85. The first-order chi connectivity index (χ1) is 8.86. The minimum atomic E-state index is 0.690. The molecule has 0 bridgehead atoms. The molecule has 1 N–H and O–H groups in total. The lowest BCUT2D eigenvalue weighted by atomic mass is 9.84. The summed E-state index contributed by atoms with van der Waals surface area (Å²) in [7, 11) is 0. The molecule has 1 fully saturated rings. The van der Waals surface area contributed by atoms with E-state index in [-0.39, 0.29) is 0 Å². The second kappa shape index (κ2) is 5.29. The van der Waals surface area contributed by atoms with Gasteiger partial charge in [0.05, 0.1) is 5.69 Å². The minimum Gasteiger partial charge on any atom is -0.356 e. The number of fused-ring (bicyclic) bond motifs is 1. The molecule has 0 aromatic carbocycles. The summed E-state index contributed by atoms with van der Waals surface area (Å²) < 4.78 is 0. The van der Waals surface area contributed by atoms with Gasteiger partial charge in [0, 0.05) is 5.69 Å². The van der Waals surface area contributed by atoms with E-state index in [1.54, 1.807) is 0 Å². The zero-order valence-electron chi connectivity index (χ0n) is 11.1. The van der Waals surface area contributed by atoms with E-state index in [1.165, 1.54) is 62.6 Å². The van der Waals surface area contributed by atoms with E-state index in [9.17, 15) is 4.79 Å². The molecule has 1 aromatic rings. The molecular formula is C16H23NO. The summed E-state index contributed by atoms with van der Waals surface area (Å²) in [6, 6.07) is 2.04. The molecule has 0 saturated heterocycles. The summed E-state index contributed by atoms with van der Waals surface area (Å²) in [5, 5.41) is 0. The molecule has 1 heterocycles. The lowest BCUT2D eigenvalue weighted by molar-refractivity contribution is 0.111. The first-order valence-corrected chi connectivity index (χ1v) is 7.54. The molecule has 1 unspecified atom stereocenters. The number of aromatic nitrogens is 1. The van der Waals surface area contributed by atoms with Gasteiger partial charge in [-0.25, -0.2) is 0 Å². The van der Waals surface area contributed by atoms with Crippen LogP contribution in [0.5, 0.6) is 0 Å². The van der Waals surface area contributed by atoms with E-state index in [4.69, 9.17) is 0 Å². The molecule has 2 aliphatic rings. The molecule has 0 amide bonds. The van der Waals surface area contributed by atoms with Gasteiger partial charge in [0.25, 0.3) is 0 Å². The Bertz CT molecular complexity index is 415. The van der Waals surface area contributed by atoms with E-state index < -0.39 is 0 Å². The highest BCUT2D eigenvalue weighted by molar-refractivity contribution is 5.73. The summed E-state index contributed by atoms with van der Waals surface area (Å²) in [5.41, 5.74) is 3.53. The van der Waals surface area contributed by atoms with Crippen molar-refractivity contribution in [1.29, 1.82) is 0 Å². The molecular weight excluding hydrogens is 222 g/mol. The summed E-state index contributed by atoms with van der Waals surface area (Å²) in [4.78, 5) is 14.1. The molecule has 2 heteroatoms. The van der Waals surface area contributed by atoms with Gasteiger partial charge < -0.3 is 4.98 Å². The molecule has 18 heavy (non-hydrogen) atoms. The monoisotopic (exact) mass is 245 g/mol. The van der Waals surface area contributed by atoms with Crippen molar-refractivity contribution in [3.8, 4) is 0 Å². The predicted molar refractivity (Wildman–Crippen MR) is 73.1 cm³/mol. The molecule has 0 radical (unpaired) electrons. The Morgan fingerprint density at radius 3 is 2.78 bits per heavy atom. The molecule has 98 valence electrons. The van der Waals surface area contributed by atoms with Crippen molar-refractivity contribution in [3.63, 3.8) is 0 Å². The highest BCUT2D eigenvalue weighted by Crippen LogP contribution is 2.38. The van der Waals surface area contributed by atoms with E-state index in [0.29, 0.717) is 5.92 Å². The number of aromatic amines is 1. The zero-order chi connectivity index (χ0) is 12.4. The number of carbonyl (C=O) groups excluding carboxylic acids is 1. The average Bonchev–Trinajstić information content (AvgIpc) is 2.97. The molecule has 2 aliphatic carbocycles. The average molecular weight is 245 g/mol. The number of H-pyrrole nitrogens is 1. The Labute approximate surface area is 109 Å². The fraction of sp³-hybridized carbons (Fsp3) is 0.688. The maximum Gasteiger partial charge on any atom is 0.166 e. The molecule has 1 atom stereocenters. The van der Waals surface area contributed by atoms with Crippen molar-refractivity contribution in [2.75, 3.05) is 0 Å². The van der Waals surface area contributed by atoms with Gasteiger partial charge in [-0.15, -0.1) is 0 Å². The fourth-order valence-corrected chi connectivity index (χ4v) is 3.85. The van der Waals surface area contributed by atoms with Gasteiger partial charge >= 0.3 is 0 Å². The highest BCUT2D eigenvalue weighted by Gasteiger charge is 2.25. The van der Waals surface area contributed by atoms with Crippen LogP contribution in [0.1, 0.15) is 79.0 Å². The minimum absolute atomic E-state index is 0.690. The summed E-state index contributed by atoms with van der Waals surface area (Å²) in [6.07, 6.45) is 13.3. The number of carbonyl (C=O) groups is 1.